The second-order valence-electron chi connectivity index (χ2n) is 4.90. The first-order valence-corrected chi connectivity index (χ1v) is 6.73. The van der Waals surface area contributed by atoms with Gasteiger partial charge in [0, 0.05) is 11.9 Å². The van der Waals surface area contributed by atoms with Crippen LogP contribution in [0.4, 0.5) is 5.69 Å². The molecule has 3 aromatic rings. The van der Waals surface area contributed by atoms with E-state index in [0.29, 0.717) is 12.2 Å². The van der Waals surface area contributed by atoms with Gasteiger partial charge in [-0.2, -0.15) is 5.26 Å². The number of nitriles is 1. The Morgan fingerprint density at radius 2 is 1.90 bits per heavy atom. The molecule has 0 atom stereocenters. The van der Waals surface area contributed by atoms with Gasteiger partial charge in [0.15, 0.2) is 5.69 Å². The number of rotatable bonds is 3. The molecule has 1 heterocycles. The summed E-state index contributed by atoms with van der Waals surface area (Å²) in [4.78, 5) is 0. The summed E-state index contributed by atoms with van der Waals surface area (Å²) in [5, 5.41) is 21.6. The highest BCUT2D eigenvalue weighted by atomic mass is 15.1. The summed E-state index contributed by atoms with van der Waals surface area (Å²) in [5.41, 5.74) is 4.13. The van der Waals surface area contributed by atoms with Crippen molar-refractivity contribution in [3.63, 3.8) is 0 Å². The summed E-state index contributed by atoms with van der Waals surface area (Å²) in [5.74, 6) is 0. The average molecular weight is 274 g/mol. The maximum atomic E-state index is 9.25. The first-order valence-electron chi connectivity index (χ1n) is 6.73. The van der Waals surface area contributed by atoms with E-state index >= 15 is 0 Å². The van der Waals surface area contributed by atoms with Crippen molar-refractivity contribution in [2.75, 3.05) is 5.32 Å². The summed E-state index contributed by atoms with van der Waals surface area (Å²) in [6, 6.07) is 18.1. The van der Waals surface area contributed by atoms with Gasteiger partial charge < -0.3 is 5.32 Å². The van der Waals surface area contributed by atoms with E-state index in [1.165, 1.54) is 0 Å². The van der Waals surface area contributed by atoms with Gasteiger partial charge >= 0.3 is 0 Å². The monoisotopic (exact) mass is 274 g/mol. The Morgan fingerprint density at radius 3 is 2.67 bits per heavy atom. The summed E-state index contributed by atoms with van der Waals surface area (Å²) < 4.78 is 0. The van der Waals surface area contributed by atoms with Crippen molar-refractivity contribution >= 4 is 16.6 Å². The molecule has 1 aromatic heterocycles. The molecule has 4 nitrogen and oxygen atoms in total. The van der Waals surface area contributed by atoms with Crippen molar-refractivity contribution < 1.29 is 0 Å². The number of hydrogen-bond acceptors (Lipinski definition) is 4. The van der Waals surface area contributed by atoms with Crippen molar-refractivity contribution in [3.05, 3.63) is 65.4 Å². The third-order valence-electron chi connectivity index (χ3n) is 3.33. The molecule has 2 aromatic carbocycles. The lowest BCUT2D eigenvalue weighted by Crippen LogP contribution is -2.04. The quantitative estimate of drug-likeness (QED) is 0.795. The standard InChI is InChI=1S/C17H14N4/c1-12-7-8-15-14(9-12)17(16(10-18)21-20-15)19-11-13-5-3-2-4-6-13/h2-9H,11H2,1H3,(H,19,20). The Morgan fingerprint density at radius 1 is 1.10 bits per heavy atom. The largest absolute Gasteiger partial charge is 0.378 e. The van der Waals surface area contributed by atoms with E-state index in [1.54, 1.807) is 0 Å². The Balaban J connectivity index is 2.03. The average Bonchev–Trinajstić information content (AvgIpc) is 2.53. The van der Waals surface area contributed by atoms with E-state index in [4.69, 9.17) is 0 Å². The van der Waals surface area contributed by atoms with E-state index in [0.717, 1.165) is 27.7 Å². The number of fused-ring (bicyclic) bond motifs is 1. The molecule has 0 saturated heterocycles. The van der Waals surface area contributed by atoms with Crippen LogP contribution < -0.4 is 5.32 Å². The third kappa shape index (κ3) is 2.67. The molecular weight excluding hydrogens is 260 g/mol. The predicted octanol–water partition coefficient (Wildman–Crippen LogP) is 3.42. The Labute approximate surface area is 123 Å². The lowest BCUT2D eigenvalue weighted by Gasteiger charge is -2.11. The molecule has 3 rings (SSSR count). The summed E-state index contributed by atoms with van der Waals surface area (Å²) in [6.45, 7) is 2.66. The minimum absolute atomic E-state index is 0.323. The molecule has 0 bridgehead atoms. The molecule has 0 saturated carbocycles. The van der Waals surface area contributed by atoms with Crippen LogP contribution in [0.3, 0.4) is 0 Å². The van der Waals surface area contributed by atoms with Crippen LogP contribution in [0.5, 0.6) is 0 Å². The van der Waals surface area contributed by atoms with Gasteiger partial charge in [-0.3, -0.25) is 0 Å². The smallest absolute Gasteiger partial charge is 0.186 e. The van der Waals surface area contributed by atoms with Gasteiger partial charge in [0.25, 0.3) is 0 Å². The van der Waals surface area contributed by atoms with Crippen LogP contribution >= 0.6 is 0 Å². The van der Waals surface area contributed by atoms with E-state index in [1.807, 2.05) is 55.5 Å². The van der Waals surface area contributed by atoms with Gasteiger partial charge in [-0.1, -0.05) is 42.0 Å². The van der Waals surface area contributed by atoms with E-state index < -0.39 is 0 Å². The van der Waals surface area contributed by atoms with E-state index in [2.05, 4.69) is 21.6 Å². The highest BCUT2D eigenvalue weighted by molar-refractivity contribution is 5.93. The van der Waals surface area contributed by atoms with Crippen molar-refractivity contribution in [1.82, 2.24) is 10.2 Å². The molecule has 0 unspecified atom stereocenters. The zero-order chi connectivity index (χ0) is 14.7. The van der Waals surface area contributed by atoms with Crippen LogP contribution in [-0.2, 0) is 6.54 Å². The normalized spacial score (nSPS) is 10.3. The molecule has 0 amide bonds. The van der Waals surface area contributed by atoms with E-state index in [-0.39, 0.29) is 0 Å². The van der Waals surface area contributed by atoms with E-state index in [9.17, 15) is 5.26 Å². The summed E-state index contributed by atoms with van der Waals surface area (Å²) in [7, 11) is 0. The minimum Gasteiger partial charge on any atom is -0.378 e. The van der Waals surface area contributed by atoms with Crippen LogP contribution in [0.1, 0.15) is 16.8 Å². The molecule has 1 N–H and O–H groups in total. The third-order valence-corrected chi connectivity index (χ3v) is 3.33. The number of aryl methyl sites for hydroxylation is 1. The van der Waals surface area contributed by atoms with Gasteiger partial charge in [-0.15, -0.1) is 10.2 Å². The fourth-order valence-corrected chi connectivity index (χ4v) is 2.26. The van der Waals surface area contributed by atoms with Gasteiger partial charge in [0.1, 0.15) is 6.07 Å². The fraction of sp³-hybridized carbons (Fsp3) is 0.118. The Bertz CT molecular complexity index is 819. The highest BCUT2D eigenvalue weighted by Crippen LogP contribution is 2.25. The molecule has 4 heteroatoms. The van der Waals surface area contributed by atoms with Crippen molar-refractivity contribution in [1.29, 1.82) is 5.26 Å². The summed E-state index contributed by atoms with van der Waals surface area (Å²) >= 11 is 0. The molecule has 0 aliphatic rings. The van der Waals surface area contributed by atoms with Crippen LogP contribution in [0.15, 0.2) is 48.5 Å². The highest BCUT2D eigenvalue weighted by Gasteiger charge is 2.10. The molecule has 21 heavy (non-hydrogen) atoms. The molecule has 0 aliphatic heterocycles. The lowest BCUT2D eigenvalue weighted by atomic mass is 10.1. The van der Waals surface area contributed by atoms with Gasteiger partial charge in [-0.05, 0) is 24.6 Å². The SMILES string of the molecule is Cc1ccc2nnc(C#N)c(NCc3ccccc3)c2c1. The summed E-state index contributed by atoms with van der Waals surface area (Å²) in [6.07, 6.45) is 0. The van der Waals surface area contributed by atoms with Crippen LogP contribution in [0.2, 0.25) is 0 Å². The Kier molecular flexibility index (Phi) is 3.48. The predicted molar refractivity (Wildman–Crippen MR) is 82.8 cm³/mol. The fourth-order valence-electron chi connectivity index (χ4n) is 2.26. The molecular formula is C17H14N4. The van der Waals surface area contributed by atoms with Crippen LogP contribution in [0, 0.1) is 18.3 Å². The molecule has 0 radical (unpaired) electrons. The van der Waals surface area contributed by atoms with Crippen LogP contribution in [0.25, 0.3) is 10.9 Å². The van der Waals surface area contributed by atoms with Crippen LogP contribution in [-0.4, -0.2) is 10.2 Å². The maximum absolute atomic E-state index is 9.25. The lowest BCUT2D eigenvalue weighted by molar-refractivity contribution is 1.04. The first kappa shape index (κ1) is 13.1. The number of hydrogen-bond donors (Lipinski definition) is 1. The van der Waals surface area contributed by atoms with Gasteiger partial charge in [-0.25, -0.2) is 0 Å². The minimum atomic E-state index is 0.323. The number of nitrogens with zero attached hydrogens (tertiary/aromatic N) is 3. The maximum Gasteiger partial charge on any atom is 0.186 e. The Hall–Kier alpha value is -2.93. The van der Waals surface area contributed by atoms with Crippen molar-refractivity contribution in [3.8, 4) is 6.07 Å². The number of nitrogens with one attached hydrogen (secondary N) is 1. The van der Waals surface area contributed by atoms with Crippen molar-refractivity contribution in [2.45, 2.75) is 13.5 Å². The number of anilines is 1. The van der Waals surface area contributed by atoms with Gasteiger partial charge in [0.05, 0.1) is 11.2 Å². The topological polar surface area (TPSA) is 61.6 Å². The zero-order valence-corrected chi connectivity index (χ0v) is 11.7. The molecule has 0 spiro atoms. The number of benzene rings is 2. The molecule has 102 valence electrons. The second-order valence-corrected chi connectivity index (χ2v) is 4.90. The zero-order valence-electron chi connectivity index (χ0n) is 11.7. The molecule has 0 aliphatic carbocycles. The van der Waals surface area contributed by atoms with Gasteiger partial charge in [0.2, 0.25) is 0 Å². The number of aromatic nitrogens is 2. The first-order chi connectivity index (χ1) is 10.3. The second kappa shape index (κ2) is 5.59. The van der Waals surface area contributed by atoms with Crippen molar-refractivity contribution in [2.24, 2.45) is 0 Å². The molecule has 0 fully saturated rings.